The molecule has 0 radical (unpaired) electrons. The zero-order chi connectivity index (χ0) is 22.7. The zero-order valence-corrected chi connectivity index (χ0v) is 18.5. The fourth-order valence-corrected chi connectivity index (χ4v) is 5.34. The standard InChI is InChI=1S/C25H24FN5O2/c1-25-8-7-15(30-25)12-31(13-25)23-19-11-27-21(20(26)22(19)28-24(29-23)33-2)18-10-16(32)9-14-5-3-4-6-17(14)18/h3-6,9-11,15,30,32H,7-8,12-13H2,1-2H3. The van der Waals surface area contributed by atoms with Gasteiger partial charge in [-0.1, -0.05) is 24.3 Å². The number of phenolic OH excluding ortho intramolecular Hbond substituents is 1. The number of fused-ring (bicyclic) bond motifs is 4. The number of aromatic hydroxyl groups is 1. The van der Waals surface area contributed by atoms with Crippen LogP contribution in [0.2, 0.25) is 0 Å². The van der Waals surface area contributed by atoms with Gasteiger partial charge in [-0.2, -0.15) is 9.97 Å². The normalized spacial score (nSPS) is 22.3. The van der Waals surface area contributed by atoms with Crippen molar-refractivity contribution in [2.75, 3.05) is 25.1 Å². The van der Waals surface area contributed by atoms with Gasteiger partial charge in [0.15, 0.2) is 5.82 Å². The SMILES string of the molecule is COc1nc(N2CC3CCC(C)(C2)N3)c2cnc(-c3cc(O)cc4ccccc34)c(F)c2n1. The Labute approximate surface area is 190 Å². The van der Waals surface area contributed by atoms with Crippen LogP contribution in [-0.4, -0.2) is 51.8 Å². The summed E-state index contributed by atoms with van der Waals surface area (Å²) in [5.41, 5.74) is 0.801. The lowest BCUT2D eigenvalue weighted by atomic mass is 9.99. The summed E-state index contributed by atoms with van der Waals surface area (Å²) in [6.45, 7) is 3.76. The highest BCUT2D eigenvalue weighted by atomic mass is 19.1. The predicted octanol–water partition coefficient (Wildman–Crippen LogP) is 4.03. The number of hydrogen-bond donors (Lipinski definition) is 2. The van der Waals surface area contributed by atoms with E-state index >= 15 is 4.39 Å². The van der Waals surface area contributed by atoms with Crippen LogP contribution < -0.4 is 15.0 Å². The number of pyridine rings is 1. The third-order valence-corrected chi connectivity index (χ3v) is 6.81. The number of nitrogens with zero attached hydrogens (tertiary/aromatic N) is 4. The summed E-state index contributed by atoms with van der Waals surface area (Å²) >= 11 is 0. The van der Waals surface area contributed by atoms with Crippen molar-refractivity contribution in [3.8, 4) is 23.0 Å². The van der Waals surface area contributed by atoms with Crippen molar-refractivity contribution in [2.24, 2.45) is 0 Å². The molecule has 2 fully saturated rings. The number of nitrogens with one attached hydrogen (secondary N) is 1. The van der Waals surface area contributed by atoms with E-state index in [2.05, 4.69) is 32.1 Å². The summed E-state index contributed by atoms with van der Waals surface area (Å²) in [7, 11) is 1.48. The fourth-order valence-electron chi connectivity index (χ4n) is 5.34. The number of halogens is 1. The summed E-state index contributed by atoms with van der Waals surface area (Å²) in [5, 5.41) is 16.1. The molecule has 8 heteroatoms. The van der Waals surface area contributed by atoms with E-state index in [4.69, 9.17) is 4.74 Å². The molecular formula is C25H24FN5O2. The van der Waals surface area contributed by atoms with Crippen molar-refractivity contribution in [1.29, 1.82) is 0 Å². The van der Waals surface area contributed by atoms with Gasteiger partial charge < -0.3 is 20.1 Å². The van der Waals surface area contributed by atoms with Gasteiger partial charge >= 0.3 is 6.01 Å². The largest absolute Gasteiger partial charge is 0.508 e. The number of methoxy groups -OCH3 is 1. The highest BCUT2D eigenvalue weighted by Gasteiger charge is 2.42. The molecule has 0 saturated carbocycles. The molecule has 2 aromatic carbocycles. The molecule has 33 heavy (non-hydrogen) atoms. The van der Waals surface area contributed by atoms with E-state index in [1.54, 1.807) is 12.3 Å². The minimum Gasteiger partial charge on any atom is -0.508 e. The second-order valence-corrected chi connectivity index (χ2v) is 9.25. The molecule has 2 unspecified atom stereocenters. The van der Waals surface area contributed by atoms with Crippen LogP contribution in [0.3, 0.4) is 0 Å². The summed E-state index contributed by atoms with van der Waals surface area (Å²) in [4.78, 5) is 15.6. The van der Waals surface area contributed by atoms with E-state index in [1.807, 2.05) is 24.3 Å². The predicted molar refractivity (Wildman–Crippen MR) is 125 cm³/mol. The van der Waals surface area contributed by atoms with Gasteiger partial charge in [0.25, 0.3) is 0 Å². The number of rotatable bonds is 3. The maximum atomic E-state index is 16.0. The number of aromatic nitrogens is 3. The minimum absolute atomic E-state index is 0.000179. The number of anilines is 1. The highest BCUT2D eigenvalue weighted by Crippen LogP contribution is 2.38. The number of hydrogen-bond acceptors (Lipinski definition) is 7. The maximum Gasteiger partial charge on any atom is 0.318 e. The molecule has 2 aromatic heterocycles. The van der Waals surface area contributed by atoms with Gasteiger partial charge in [0, 0.05) is 36.4 Å². The van der Waals surface area contributed by atoms with Crippen LogP contribution in [0.25, 0.3) is 32.9 Å². The number of ether oxygens (including phenoxy) is 1. The molecule has 0 aliphatic carbocycles. The first kappa shape index (κ1) is 20.1. The van der Waals surface area contributed by atoms with Gasteiger partial charge in [-0.25, -0.2) is 4.39 Å². The molecule has 7 nitrogen and oxygen atoms in total. The van der Waals surface area contributed by atoms with Crippen LogP contribution >= 0.6 is 0 Å². The van der Waals surface area contributed by atoms with Gasteiger partial charge in [-0.3, -0.25) is 4.98 Å². The van der Waals surface area contributed by atoms with Crippen molar-refractivity contribution >= 4 is 27.5 Å². The quantitative estimate of drug-likeness (QED) is 0.493. The molecular weight excluding hydrogens is 421 g/mol. The third kappa shape index (κ3) is 3.24. The highest BCUT2D eigenvalue weighted by molar-refractivity contribution is 5.99. The Morgan fingerprint density at radius 1 is 1.21 bits per heavy atom. The van der Waals surface area contributed by atoms with E-state index < -0.39 is 5.82 Å². The Bertz CT molecular complexity index is 1410. The Morgan fingerprint density at radius 2 is 2.06 bits per heavy atom. The first-order valence-electron chi connectivity index (χ1n) is 11.1. The molecule has 2 aliphatic heterocycles. The van der Waals surface area contributed by atoms with E-state index in [9.17, 15) is 5.11 Å². The Morgan fingerprint density at radius 3 is 2.88 bits per heavy atom. The smallest absolute Gasteiger partial charge is 0.318 e. The molecule has 2 bridgehead atoms. The molecule has 4 heterocycles. The minimum atomic E-state index is -0.561. The number of benzene rings is 2. The van der Waals surface area contributed by atoms with Crippen molar-refractivity contribution in [3.05, 3.63) is 48.4 Å². The molecule has 2 aliphatic rings. The van der Waals surface area contributed by atoms with Gasteiger partial charge in [0.1, 0.15) is 22.8 Å². The monoisotopic (exact) mass is 445 g/mol. The summed E-state index contributed by atoms with van der Waals surface area (Å²) in [6.07, 6.45) is 3.83. The van der Waals surface area contributed by atoms with Crippen LogP contribution in [0.5, 0.6) is 11.8 Å². The van der Waals surface area contributed by atoms with Gasteiger partial charge in [-0.15, -0.1) is 0 Å². The number of piperazine rings is 1. The summed E-state index contributed by atoms with van der Waals surface area (Å²) < 4.78 is 21.3. The Hall–Kier alpha value is -3.52. The van der Waals surface area contributed by atoms with Gasteiger partial charge in [-0.05, 0) is 42.7 Å². The molecule has 2 saturated heterocycles. The van der Waals surface area contributed by atoms with Crippen molar-refractivity contribution in [3.63, 3.8) is 0 Å². The Kier molecular flexibility index (Phi) is 4.42. The molecule has 4 aromatic rings. The third-order valence-electron chi connectivity index (χ3n) is 6.81. The van der Waals surface area contributed by atoms with E-state index in [-0.39, 0.29) is 28.5 Å². The average molecular weight is 445 g/mol. The Balaban J connectivity index is 1.55. The second-order valence-electron chi connectivity index (χ2n) is 9.25. The summed E-state index contributed by atoms with van der Waals surface area (Å²) in [6, 6.07) is 11.2. The van der Waals surface area contributed by atoms with Gasteiger partial charge in [0.05, 0.1) is 12.5 Å². The topological polar surface area (TPSA) is 83.4 Å². The lowest BCUT2D eigenvalue weighted by Crippen LogP contribution is -2.58. The van der Waals surface area contributed by atoms with Crippen LogP contribution in [0, 0.1) is 5.82 Å². The zero-order valence-electron chi connectivity index (χ0n) is 18.5. The van der Waals surface area contributed by atoms with Crippen LogP contribution in [-0.2, 0) is 0 Å². The first-order valence-corrected chi connectivity index (χ1v) is 11.1. The number of phenols is 1. The van der Waals surface area contributed by atoms with Crippen LogP contribution in [0.4, 0.5) is 10.2 Å². The fraction of sp³-hybridized carbons (Fsp3) is 0.320. The van der Waals surface area contributed by atoms with E-state index in [1.165, 1.54) is 13.2 Å². The molecule has 0 amide bonds. The molecule has 6 rings (SSSR count). The maximum absolute atomic E-state index is 16.0. The van der Waals surface area contributed by atoms with E-state index in [0.717, 1.165) is 36.7 Å². The molecule has 2 atom stereocenters. The van der Waals surface area contributed by atoms with Crippen LogP contribution in [0.1, 0.15) is 19.8 Å². The summed E-state index contributed by atoms with van der Waals surface area (Å²) in [5.74, 6) is 0.125. The van der Waals surface area contributed by atoms with Crippen molar-refractivity contribution < 1.29 is 14.2 Å². The lowest BCUT2D eigenvalue weighted by molar-refractivity contribution is 0.346. The van der Waals surface area contributed by atoms with E-state index in [0.29, 0.717) is 22.8 Å². The van der Waals surface area contributed by atoms with Crippen molar-refractivity contribution in [1.82, 2.24) is 20.3 Å². The second kappa shape index (κ2) is 7.25. The van der Waals surface area contributed by atoms with Crippen molar-refractivity contribution in [2.45, 2.75) is 31.3 Å². The lowest BCUT2D eigenvalue weighted by Gasteiger charge is -2.40. The average Bonchev–Trinajstić information content (AvgIpc) is 3.09. The molecule has 2 N–H and O–H groups in total. The first-order chi connectivity index (χ1) is 15.9. The molecule has 0 spiro atoms. The van der Waals surface area contributed by atoms with Crippen LogP contribution in [0.15, 0.2) is 42.6 Å². The molecule has 168 valence electrons. The van der Waals surface area contributed by atoms with Gasteiger partial charge in [0.2, 0.25) is 0 Å².